The first-order valence-electron chi connectivity index (χ1n) is 8.10. The molecule has 0 saturated carbocycles. The minimum absolute atomic E-state index is 0. The molecule has 0 spiro atoms. The van der Waals surface area contributed by atoms with Gasteiger partial charge in [0.25, 0.3) is 0 Å². The quantitative estimate of drug-likeness (QED) is 0.313. The van der Waals surface area contributed by atoms with Gasteiger partial charge in [-0.25, -0.2) is 4.79 Å². The fourth-order valence-electron chi connectivity index (χ4n) is 2.61. The number of benzene rings is 1. The van der Waals surface area contributed by atoms with Crippen molar-refractivity contribution in [2.75, 3.05) is 21.2 Å². The zero-order valence-corrected chi connectivity index (χ0v) is 18.2. The predicted molar refractivity (Wildman–Crippen MR) is 113 cm³/mol. The van der Waals surface area contributed by atoms with Crippen LogP contribution in [-0.4, -0.2) is 38.0 Å². The number of halogens is 1. The van der Waals surface area contributed by atoms with Crippen LogP contribution < -0.4 is 5.32 Å². The van der Waals surface area contributed by atoms with Crippen LogP contribution >= 0.6 is 24.0 Å². The minimum Gasteiger partial charge on any atom is -0.465 e. The molecule has 1 aromatic heterocycles. The Labute approximate surface area is 171 Å². The Morgan fingerprint density at radius 3 is 2.62 bits per heavy atom. The van der Waals surface area contributed by atoms with Gasteiger partial charge >= 0.3 is 5.97 Å². The van der Waals surface area contributed by atoms with E-state index >= 15 is 0 Å². The number of aliphatic imine (C=N–C) groups is 1. The van der Waals surface area contributed by atoms with Crippen molar-refractivity contribution in [1.82, 2.24) is 10.2 Å². The van der Waals surface area contributed by atoms with E-state index in [1.165, 1.54) is 18.2 Å². The Kier molecular flexibility index (Phi) is 8.64. The lowest BCUT2D eigenvalue weighted by atomic mass is 10.1. The number of carbonyl (C=O) groups is 1. The molecule has 7 heteroatoms. The van der Waals surface area contributed by atoms with Crippen molar-refractivity contribution in [1.29, 1.82) is 0 Å². The van der Waals surface area contributed by atoms with Gasteiger partial charge in [-0.1, -0.05) is 24.3 Å². The third-order valence-corrected chi connectivity index (χ3v) is 4.04. The maximum atomic E-state index is 11.7. The lowest BCUT2D eigenvalue weighted by Crippen LogP contribution is -2.38. The molecule has 26 heavy (non-hydrogen) atoms. The zero-order valence-electron chi connectivity index (χ0n) is 15.8. The molecule has 2 aromatic rings. The molecule has 1 N–H and O–H groups in total. The van der Waals surface area contributed by atoms with Crippen molar-refractivity contribution in [3.8, 4) is 0 Å². The van der Waals surface area contributed by atoms with Gasteiger partial charge in [-0.2, -0.15) is 0 Å². The van der Waals surface area contributed by atoms with Gasteiger partial charge in [0.2, 0.25) is 0 Å². The molecule has 1 heterocycles. The van der Waals surface area contributed by atoms with E-state index in [9.17, 15) is 4.79 Å². The molecule has 1 aromatic carbocycles. The van der Waals surface area contributed by atoms with Crippen LogP contribution in [-0.2, 0) is 17.8 Å². The van der Waals surface area contributed by atoms with E-state index in [1.807, 2.05) is 24.1 Å². The van der Waals surface area contributed by atoms with Crippen molar-refractivity contribution in [2.24, 2.45) is 4.99 Å². The molecule has 0 amide bonds. The number of furan rings is 1. The first-order chi connectivity index (χ1) is 12.0. The molecule has 0 fully saturated rings. The highest BCUT2D eigenvalue weighted by atomic mass is 127. The summed E-state index contributed by atoms with van der Waals surface area (Å²) in [6.07, 6.45) is 0. The first-order valence-corrected chi connectivity index (χ1v) is 8.10. The topological polar surface area (TPSA) is 67.1 Å². The summed E-state index contributed by atoms with van der Waals surface area (Å²) < 4.78 is 10.4. The summed E-state index contributed by atoms with van der Waals surface area (Å²) in [6, 6.07) is 9.97. The largest absolute Gasteiger partial charge is 0.465 e. The first kappa shape index (κ1) is 22.0. The van der Waals surface area contributed by atoms with Crippen LogP contribution in [0.5, 0.6) is 0 Å². The van der Waals surface area contributed by atoms with Gasteiger partial charge in [0.1, 0.15) is 17.1 Å². The van der Waals surface area contributed by atoms with E-state index < -0.39 is 5.97 Å². The highest BCUT2D eigenvalue weighted by Crippen LogP contribution is 2.16. The second-order valence-corrected chi connectivity index (χ2v) is 5.86. The van der Waals surface area contributed by atoms with Gasteiger partial charge in [-0.05, 0) is 31.0 Å². The summed E-state index contributed by atoms with van der Waals surface area (Å²) in [6.45, 7) is 5.02. The Morgan fingerprint density at radius 1 is 1.31 bits per heavy atom. The summed E-state index contributed by atoms with van der Waals surface area (Å²) >= 11 is 0. The second kappa shape index (κ2) is 10.2. The molecule has 0 radical (unpaired) electrons. The summed E-state index contributed by atoms with van der Waals surface area (Å²) in [4.78, 5) is 18.0. The Morgan fingerprint density at radius 2 is 2.00 bits per heavy atom. The smallest absolute Gasteiger partial charge is 0.341 e. The van der Waals surface area contributed by atoms with E-state index in [0.717, 1.165) is 12.5 Å². The normalized spacial score (nSPS) is 10.9. The number of rotatable bonds is 5. The minimum atomic E-state index is -0.395. The van der Waals surface area contributed by atoms with Crippen LogP contribution in [0.2, 0.25) is 0 Å². The number of guanidine groups is 1. The Bertz CT molecular complexity index is 771. The summed E-state index contributed by atoms with van der Waals surface area (Å²) in [5.74, 6) is 1.56. The Balaban J connectivity index is 0.00000338. The van der Waals surface area contributed by atoms with Crippen molar-refractivity contribution in [3.05, 3.63) is 58.5 Å². The average Bonchev–Trinajstić information content (AvgIpc) is 2.97. The molecule has 0 unspecified atom stereocenters. The maximum absolute atomic E-state index is 11.7. The van der Waals surface area contributed by atoms with Crippen molar-refractivity contribution in [2.45, 2.75) is 26.9 Å². The van der Waals surface area contributed by atoms with Gasteiger partial charge < -0.3 is 19.4 Å². The number of aryl methyl sites for hydroxylation is 2. The van der Waals surface area contributed by atoms with Crippen molar-refractivity contribution >= 4 is 35.9 Å². The van der Waals surface area contributed by atoms with Crippen LogP contribution in [0.1, 0.15) is 33.0 Å². The highest BCUT2D eigenvalue weighted by Gasteiger charge is 2.16. The number of carbonyl (C=O) groups excluding carboxylic acids is 1. The fraction of sp³-hybridized carbons (Fsp3) is 0.368. The highest BCUT2D eigenvalue weighted by molar-refractivity contribution is 14.0. The standard InChI is InChI=1S/C19H25N3O3.HI/c1-13-8-6-7-9-15(13)12-22(4)19(20-3)21-11-16-10-17(14(2)25-16)18(23)24-5;/h6-10H,11-12H2,1-5H3,(H,20,21);1H. The summed E-state index contributed by atoms with van der Waals surface area (Å²) in [7, 11) is 5.08. The van der Waals surface area contributed by atoms with Crippen molar-refractivity contribution in [3.63, 3.8) is 0 Å². The SMILES string of the molecule is CN=C(NCc1cc(C(=O)OC)c(C)o1)N(C)Cc1ccccc1C.I. The Hall–Kier alpha value is -2.03. The molecule has 0 saturated heterocycles. The molecule has 0 aliphatic rings. The van der Waals surface area contributed by atoms with Crippen LogP contribution in [0.15, 0.2) is 39.7 Å². The van der Waals surface area contributed by atoms with Crippen LogP contribution in [0.25, 0.3) is 0 Å². The van der Waals surface area contributed by atoms with Crippen LogP contribution in [0, 0.1) is 13.8 Å². The third kappa shape index (κ3) is 5.48. The molecule has 142 valence electrons. The zero-order chi connectivity index (χ0) is 18.4. The molecule has 0 bridgehead atoms. The molecule has 0 aliphatic heterocycles. The lowest BCUT2D eigenvalue weighted by molar-refractivity contribution is 0.0599. The number of ether oxygens (including phenoxy) is 1. The number of hydrogen-bond acceptors (Lipinski definition) is 4. The van der Waals surface area contributed by atoms with Crippen LogP contribution in [0.3, 0.4) is 0 Å². The summed E-state index contributed by atoms with van der Waals surface area (Å²) in [5, 5.41) is 3.25. The lowest BCUT2D eigenvalue weighted by Gasteiger charge is -2.22. The maximum Gasteiger partial charge on any atom is 0.341 e. The summed E-state index contributed by atoms with van der Waals surface area (Å²) in [5.41, 5.74) is 2.94. The third-order valence-electron chi connectivity index (χ3n) is 4.04. The van der Waals surface area contributed by atoms with Crippen LogP contribution in [0.4, 0.5) is 0 Å². The van der Waals surface area contributed by atoms with Gasteiger partial charge in [0, 0.05) is 20.6 Å². The van der Waals surface area contributed by atoms with E-state index in [1.54, 1.807) is 20.0 Å². The van der Waals surface area contributed by atoms with Gasteiger partial charge in [0.05, 0.1) is 13.7 Å². The number of methoxy groups -OCH3 is 1. The predicted octanol–water partition coefficient (Wildman–Crippen LogP) is 3.51. The molecule has 2 rings (SSSR count). The number of hydrogen-bond donors (Lipinski definition) is 1. The van der Waals surface area contributed by atoms with E-state index in [2.05, 4.69) is 29.4 Å². The number of nitrogens with one attached hydrogen (secondary N) is 1. The van der Waals surface area contributed by atoms with E-state index in [0.29, 0.717) is 23.6 Å². The van der Waals surface area contributed by atoms with Gasteiger partial charge in [-0.15, -0.1) is 24.0 Å². The van der Waals surface area contributed by atoms with Gasteiger partial charge in [0.15, 0.2) is 5.96 Å². The average molecular weight is 471 g/mol. The van der Waals surface area contributed by atoms with Crippen molar-refractivity contribution < 1.29 is 13.9 Å². The van der Waals surface area contributed by atoms with Gasteiger partial charge in [-0.3, -0.25) is 4.99 Å². The second-order valence-electron chi connectivity index (χ2n) is 5.86. The van der Waals surface area contributed by atoms with E-state index in [4.69, 9.17) is 9.15 Å². The molecule has 6 nitrogen and oxygen atoms in total. The molecular weight excluding hydrogens is 445 g/mol. The molecule has 0 aliphatic carbocycles. The number of nitrogens with zero attached hydrogens (tertiary/aromatic N) is 2. The molecule has 0 atom stereocenters. The monoisotopic (exact) mass is 471 g/mol. The van der Waals surface area contributed by atoms with E-state index in [-0.39, 0.29) is 24.0 Å². The fourth-order valence-corrected chi connectivity index (χ4v) is 2.61. The molecular formula is C19H26IN3O3. The number of esters is 1.